The number of allylic oxidation sites excluding steroid dienone is 1. The normalized spacial score (nSPS) is 11.1. The Morgan fingerprint density at radius 1 is 1.50 bits per heavy atom. The number of amides is 1. The number of nitrogens with one attached hydrogen (secondary N) is 2. The minimum atomic E-state index is -0.108. The van der Waals surface area contributed by atoms with Crippen LogP contribution in [0.3, 0.4) is 0 Å². The Morgan fingerprint density at radius 3 is 3.06 bits per heavy atom. The number of nitrogens with zero attached hydrogens (tertiary/aromatic N) is 1. The molecule has 2 rings (SSSR count). The number of aromatic amines is 1. The molecule has 0 aliphatic carbocycles. The van der Waals surface area contributed by atoms with Gasteiger partial charge in [-0.15, -0.1) is 0 Å². The van der Waals surface area contributed by atoms with E-state index in [1.54, 1.807) is 13.0 Å². The van der Waals surface area contributed by atoms with Crippen molar-refractivity contribution in [3.63, 3.8) is 0 Å². The van der Waals surface area contributed by atoms with Crippen LogP contribution in [0, 0.1) is 0 Å². The first-order chi connectivity index (χ1) is 7.79. The van der Waals surface area contributed by atoms with Crippen molar-refractivity contribution in [2.24, 2.45) is 0 Å². The highest BCUT2D eigenvalue weighted by Crippen LogP contribution is 2.09. The van der Waals surface area contributed by atoms with Crippen molar-refractivity contribution >= 4 is 16.9 Å². The minimum Gasteiger partial charge on any atom is -0.345 e. The van der Waals surface area contributed by atoms with Gasteiger partial charge in [-0.1, -0.05) is 18.2 Å². The van der Waals surface area contributed by atoms with E-state index in [0.717, 1.165) is 16.9 Å². The summed E-state index contributed by atoms with van der Waals surface area (Å²) >= 11 is 0. The summed E-state index contributed by atoms with van der Waals surface area (Å²) < 4.78 is 0. The lowest BCUT2D eigenvalue weighted by atomic mass is 10.3. The number of aromatic nitrogens is 2. The monoisotopic (exact) mass is 215 g/mol. The third-order valence-electron chi connectivity index (χ3n) is 2.19. The maximum Gasteiger partial charge on any atom is 0.244 e. The van der Waals surface area contributed by atoms with Crippen LogP contribution in [-0.2, 0) is 11.3 Å². The van der Waals surface area contributed by atoms with E-state index >= 15 is 0 Å². The standard InChI is InChI=1S/C12H13N3O/c1-2-5-12(16)13-8-11-14-9-6-3-4-7-10(9)15-11/h2-7H,8H2,1H3,(H,13,16)(H,14,15)/b5-2+. The van der Waals surface area contributed by atoms with Gasteiger partial charge in [0.25, 0.3) is 0 Å². The van der Waals surface area contributed by atoms with Gasteiger partial charge < -0.3 is 10.3 Å². The highest BCUT2D eigenvalue weighted by molar-refractivity contribution is 5.87. The molecule has 4 nitrogen and oxygen atoms in total. The Kier molecular flexibility index (Phi) is 3.00. The van der Waals surface area contributed by atoms with Crippen molar-refractivity contribution in [3.8, 4) is 0 Å². The summed E-state index contributed by atoms with van der Waals surface area (Å²) in [5.74, 6) is 0.655. The molecule has 82 valence electrons. The first-order valence-electron chi connectivity index (χ1n) is 5.14. The predicted octanol–water partition coefficient (Wildman–Crippen LogP) is 1.76. The summed E-state index contributed by atoms with van der Waals surface area (Å²) in [4.78, 5) is 18.7. The lowest BCUT2D eigenvalue weighted by molar-refractivity contribution is -0.116. The van der Waals surface area contributed by atoms with Crippen LogP contribution in [0.2, 0.25) is 0 Å². The predicted molar refractivity (Wildman–Crippen MR) is 62.8 cm³/mol. The summed E-state index contributed by atoms with van der Waals surface area (Å²) in [6, 6.07) is 7.77. The second-order valence-electron chi connectivity index (χ2n) is 3.42. The zero-order valence-electron chi connectivity index (χ0n) is 9.03. The summed E-state index contributed by atoms with van der Waals surface area (Å²) in [6.45, 7) is 2.22. The van der Waals surface area contributed by atoms with E-state index in [9.17, 15) is 4.79 Å². The van der Waals surface area contributed by atoms with Crippen LogP contribution in [0.5, 0.6) is 0 Å². The van der Waals surface area contributed by atoms with Crippen molar-refractivity contribution < 1.29 is 4.79 Å². The largest absolute Gasteiger partial charge is 0.345 e. The van der Waals surface area contributed by atoms with Gasteiger partial charge in [0, 0.05) is 0 Å². The molecule has 1 aromatic heterocycles. The number of carbonyl (C=O) groups excluding carboxylic acids is 1. The van der Waals surface area contributed by atoms with Crippen LogP contribution < -0.4 is 5.32 Å². The topological polar surface area (TPSA) is 57.8 Å². The zero-order chi connectivity index (χ0) is 11.4. The van der Waals surface area contributed by atoms with Crippen molar-refractivity contribution in [2.75, 3.05) is 0 Å². The van der Waals surface area contributed by atoms with Crippen LogP contribution in [-0.4, -0.2) is 15.9 Å². The molecular weight excluding hydrogens is 202 g/mol. The smallest absolute Gasteiger partial charge is 0.244 e. The molecule has 0 radical (unpaired) electrons. The van der Waals surface area contributed by atoms with Crippen molar-refractivity contribution in [3.05, 3.63) is 42.2 Å². The molecule has 1 amide bonds. The summed E-state index contributed by atoms with van der Waals surface area (Å²) in [5, 5.41) is 2.74. The third-order valence-corrected chi connectivity index (χ3v) is 2.19. The first kappa shape index (κ1) is 10.4. The fourth-order valence-electron chi connectivity index (χ4n) is 1.47. The van der Waals surface area contributed by atoms with E-state index in [4.69, 9.17) is 0 Å². The van der Waals surface area contributed by atoms with E-state index in [-0.39, 0.29) is 5.91 Å². The Balaban J connectivity index is 2.07. The highest BCUT2D eigenvalue weighted by atomic mass is 16.1. The maximum atomic E-state index is 11.2. The number of hydrogen-bond donors (Lipinski definition) is 2. The van der Waals surface area contributed by atoms with E-state index in [1.807, 2.05) is 24.3 Å². The number of H-pyrrole nitrogens is 1. The number of fused-ring (bicyclic) bond motifs is 1. The molecule has 0 bridgehead atoms. The number of imidazole rings is 1. The average Bonchev–Trinajstić information content (AvgIpc) is 2.69. The van der Waals surface area contributed by atoms with Gasteiger partial charge in [-0.25, -0.2) is 4.98 Å². The molecule has 0 fully saturated rings. The molecule has 0 aliphatic rings. The number of carbonyl (C=O) groups is 1. The van der Waals surface area contributed by atoms with Crippen LogP contribution in [0.25, 0.3) is 11.0 Å². The fourth-order valence-corrected chi connectivity index (χ4v) is 1.47. The maximum absolute atomic E-state index is 11.2. The fraction of sp³-hybridized carbons (Fsp3) is 0.167. The Bertz CT molecular complexity index is 495. The first-order valence-corrected chi connectivity index (χ1v) is 5.14. The molecule has 0 saturated carbocycles. The number of hydrogen-bond acceptors (Lipinski definition) is 2. The lowest BCUT2D eigenvalue weighted by Crippen LogP contribution is -2.20. The molecule has 1 heterocycles. The molecule has 2 N–H and O–H groups in total. The van der Waals surface area contributed by atoms with Gasteiger partial charge in [0.1, 0.15) is 5.82 Å². The van der Waals surface area contributed by atoms with Crippen LogP contribution in [0.1, 0.15) is 12.7 Å². The molecule has 0 unspecified atom stereocenters. The number of para-hydroxylation sites is 2. The van der Waals surface area contributed by atoms with Gasteiger partial charge in [0.15, 0.2) is 0 Å². The zero-order valence-corrected chi connectivity index (χ0v) is 9.03. The van der Waals surface area contributed by atoms with Gasteiger partial charge in [-0.3, -0.25) is 4.79 Å². The van der Waals surface area contributed by atoms with Crippen molar-refractivity contribution in [2.45, 2.75) is 13.5 Å². The summed E-state index contributed by atoms with van der Waals surface area (Å²) in [7, 11) is 0. The Hall–Kier alpha value is -2.10. The van der Waals surface area contributed by atoms with Gasteiger partial charge in [0.05, 0.1) is 17.6 Å². The van der Waals surface area contributed by atoms with E-state index in [0.29, 0.717) is 6.54 Å². The molecule has 0 spiro atoms. The van der Waals surface area contributed by atoms with E-state index < -0.39 is 0 Å². The SMILES string of the molecule is C/C=C/C(=O)NCc1nc2ccccc2[nH]1. The highest BCUT2D eigenvalue weighted by Gasteiger charge is 2.02. The van der Waals surface area contributed by atoms with Crippen molar-refractivity contribution in [1.29, 1.82) is 0 Å². The van der Waals surface area contributed by atoms with Gasteiger partial charge in [-0.2, -0.15) is 0 Å². The second kappa shape index (κ2) is 4.61. The van der Waals surface area contributed by atoms with Gasteiger partial charge in [-0.05, 0) is 25.1 Å². The van der Waals surface area contributed by atoms with Crippen LogP contribution >= 0.6 is 0 Å². The van der Waals surface area contributed by atoms with Gasteiger partial charge >= 0.3 is 0 Å². The minimum absolute atomic E-state index is 0.108. The summed E-state index contributed by atoms with van der Waals surface area (Å²) in [6.07, 6.45) is 3.19. The summed E-state index contributed by atoms with van der Waals surface area (Å²) in [5.41, 5.74) is 1.90. The quantitative estimate of drug-likeness (QED) is 0.766. The Morgan fingerprint density at radius 2 is 2.31 bits per heavy atom. The third kappa shape index (κ3) is 2.28. The molecule has 0 saturated heterocycles. The molecule has 16 heavy (non-hydrogen) atoms. The lowest BCUT2D eigenvalue weighted by Gasteiger charge is -1.97. The second-order valence-corrected chi connectivity index (χ2v) is 3.42. The van der Waals surface area contributed by atoms with E-state index in [2.05, 4.69) is 15.3 Å². The molecule has 2 aromatic rings. The van der Waals surface area contributed by atoms with E-state index in [1.165, 1.54) is 6.08 Å². The molecule has 4 heteroatoms. The van der Waals surface area contributed by atoms with Crippen LogP contribution in [0.4, 0.5) is 0 Å². The number of benzene rings is 1. The van der Waals surface area contributed by atoms with Crippen LogP contribution in [0.15, 0.2) is 36.4 Å². The van der Waals surface area contributed by atoms with Gasteiger partial charge in [0.2, 0.25) is 5.91 Å². The molecule has 0 atom stereocenters. The molecule has 0 aliphatic heterocycles. The van der Waals surface area contributed by atoms with Crippen molar-refractivity contribution in [1.82, 2.24) is 15.3 Å². The number of rotatable bonds is 3. The molecule has 1 aromatic carbocycles. The average molecular weight is 215 g/mol. The molecular formula is C12H13N3O. The Labute approximate surface area is 93.4 Å².